The highest BCUT2D eigenvalue weighted by atomic mass is 19.1. The maximum atomic E-state index is 14.9. The van der Waals surface area contributed by atoms with E-state index in [0.29, 0.717) is 29.6 Å². The lowest BCUT2D eigenvalue weighted by Gasteiger charge is -2.30. The molecule has 2 N–H and O–H groups in total. The number of pyridine rings is 1. The molecule has 0 spiro atoms. The molecule has 38 heavy (non-hydrogen) atoms. The van der Waals surface area contributed by atoms with Crippen molar-refractivity contribution in [2.45, 2.75) is 52.1 Å². The molecule has 0 bridgehead atoms. The minimum atomic E-state index is -0.483. The number of ether oxygens (including phenoxy) is 1. The Bertz CT molecular complexity index is 1450. The highest BCUT2D eigenvalue weighted by molar-refractivity contribution is 6.06. The number of fused-ring (bicyclic) bond motifs is 1. The molecule has 0 aliphatic heterocycles. The predicted molar refractivity (Wildman–Crippen MR) is 145 cm³/mol. The molecule has 9 nitrogen and oxygen atoms in total. The predicted octanol–water partition coefficient (Wildman–Crippen LogP) is 4.94. The van der Waals surface area contributed by atoms with Gasteiger partial charge in [0.25, 0.3) is 5.91 Å². The van der Waals surface area contributed by atoms with Gasteiger partial charge in [0.1, 0.15) is 23.6 Å². The molecule has 0 fully saturated rings. The number of hydrogen-bond acceptors (Lipinski definition) is 8. The summed E-state index contributed by atoms with van der Waals surface area (Å²) in [4.78, 5) is 34.2. The van der Waals surface area contributed by atoms with Crippen molar-refractivity contribution in [3.8, 4) is 17.3 Å². The van der Waals surface area contributed by atoms with Gasteiger partial charge in [-0.2, -0.15) is 0 Å². The van der Waals surface area contributed by atoms with Gasteiger partial charge in [-0.15, -0.1) is 0 Å². The van der Waals surface area contributed by atoms with E-state index >= 15 is 0 Å². The van der Waals surface area contributed by atoms with Gasteiger partial charge in [-0.3, -0.25) is 9.78 Å². The van der Waals surface area contributed by atoms with Crippen molar-refractivity contribution in [3.63, 3.8) is 0 Å². The van der Waals surface area contributed by atoms with E-state index in [4.69, 9.17) is 4.74 Å². The minimum absolute atomic E-state index is 0.215. The number of anilines is 1. The van der Waals surface area contributed by atoms with Crippen LogP contribution in [-0.2, 0) is 5.41 Å². The van der Waals surface area contributed by atoms with Gasteiger partial charge < -0.3 is 15.4 Å². The first-order valence-electron chi connectivity index (χ1n) is 12.4. The van der Waals surface area contributed by atoms with Gasteiger partial charge in [0, 0.05) is 54.6 Å². The standard InChI is InChI=1S/C28H32FN7O2/c1-7-28(5,19-8-9-20(29)23-18(25(37)30-6)10-11-31-24(19)23)15-34-22-12-21(35-16-36-22)17-13-32-26(33-14-17)38-27(2,3)4/h8-14,16H,7,15H2,1-6H3,(H,30,37)(H,34,35,36). The van der Waals surface area contributed by atoms with E-state index < -0.39 is 16.8 Å². The van der Waals surface area contributed by atoms with Crippen LogP contribution in [0, 0.1) is 5.82 Å². The summed E-state index contributed by atoms with van der Waals surface area (Å²) in [6.45, 7) is 10.4. The van der Waals surface area contributed by atoms with Crippen molar-refractivity contribution in [1.82, 2.24) is 30.2 Å². The Morgan fingerprint density at radius 2 is 1.76 bits per heavy atom. The fraction of sp³-hybridized carbons (Fsp3) is 0.357. The zero-order valence-electron chi connectivity index (χ0n) is 22.5. The number of benzene rings is 1. The molecule has 0 radical (unpaired) electrons. The Morgan fingerprint density at radius 3 is 2.42 bits per heavy atom. The maximum absolute atomic E-state index is 14.9. The number of nitrogens with zero attached hydrogens (tertiary/aromatic N) is 5. The Morgan fingerprint density at radius 1 is 1.03 bits per heavy atom. The summed E-state index contributed by atoms with van der Waals surface area (Å²) in [7, 11) is 1.52. The maximum Gasteiger partial charge on any atom is 0.316 e. The number of rotatable bonds is 8. The molecule has 1 aromatic carbocycles. The lowest BCUT2D eigenvalue weighted by molar-refractivity contribution is 0.0964. The lowest BCUT2D eigenvalue weighted by Crippen LogP contribution is -2.31. The summed E-state index contributed by atoms with van der Waals surface area (Å²) >= 11 is 0. The van der Waals surface area contributed by atoms with Crippen LogP contribution in [0.2, 0.25) is 0 Å². The Labute approximate surface area is 221 Å². The van der Waals surface area contributed by atoms with E-state index in [0.717, 1.165) is 17.5 Å². The second-order valence-corrected chi connectivity index (χ2v) is 10.3. The van der Waals surface area contributed by atoms with E-state index in [-0.39, 0.29) is 16.9 Å². The van der Waals surface area contributed by atoms with Crippen molar-refractivity contribution >= 4 is 22.6 Å². The van der Waals surface area contributed by atoms with Gasteiger partial charge in [0.2, 0.25) is 0 Å². The fourth-order valence-corrected chi connectivity index (χ4v) is 4.12. The van der Waals surface area contributed by atoms with Crippen LogP contribution in [0.15, 0.2) is 49.2 Å². The highest BCUT2D eigenvalue weighted by Crippen LogP contribution is 2.35. The lowest BCUT2D eigenvalue weighted by atomic mass is 9.78. The summed E-state index contributed by atoms with van der Waals surface area (Å²) in [5.74, 6) is -0.223. The number of carbonyl (C=O) groups is 1. The van der Waals surface area contributed by atoms with Crippen molar-refractivity contribution < 1.29 is 13.9 Å². The van der Waals surface area contributed by atoms with Gasteiger partial charge in [-0.1, -0.05) is 19.9 Å². The van der Waals surface area contributed by atoms with Crippen molar-refractivity contribution in [2.24, 2.45) is 0 Å². The molecule has 3 aromatic heterocycles. The van der Waals surface area contributed by atoms with Crippen LogP contribution in [0.25, 0.3) is 22.2 Å². The van der Waals surface area contributed by atoms with Crippen molar-refractivity contribution in [2.75, 3.05) is 18.9 Å². The van der Waals surface area contributed by atoms with Crippen LogP contribution < -0.4 is 15.4 Å². The van der Waals surface area contributed by atoms with E-state index in [2.05, 4.69) is 49.4 Å². The van der Waals surface area contributed by atoms with Gasteiger partial charge in [-0.25, -0.2) is 24.3 Å². The number of hydrogen-bond donors (Lipinski definition) is 2. The first-order valence-corrected chi connectivity index (χ1v) is 12.4. The quantitative estimate of drug-likeness (QED) is 0.338. The van der Waals surface area contributed by atoms with Crippen LogP contribution in [-0.4, -0.2) is 50.0 Å². The first-order chi connectivity index (χ1) is 18.0. The number of amides is 1. The summed E-state index contributed by atoms with van der Waals surface area (Å²) in [5.41, 5.74) is 2.11. The normalized spacial score (nSPS) is 13.1. The molecular weight excluding hydrogens is 485 g/mol. The average molecular weight is 518 g/mol. The van der Waals surface area contributed by atoms with Gasteiger partial charge in [0.15, 0.2) is 0 Å². The van der Waals surface area contributed by atoms with Crippen molar-refractivity contribution in [3.05, 3.63) is 66.1 Å². The zero-order chi connectivity index (χ0) is 27.5. The molecule has 4 aromatic rings. The third-order valence-electron chi connectivity index (χ3n) is 6.39. The van der Waals surface area contributed by atoms with E-state index in [1.54, 1.807) is 18.5 Å². The third-order valence-corrected chi connectivity index (χ3v) is 6.39. The molecular formula is C28H32FN7O2. The number of carbonyl (C=O) groups excluding carboxylic acids is 1. The summed E-state index contributed by atoms with van der Waals surface area (Å²) in [6, 6.07) is 6.79. The van der Waals surface area contributed by atoms with Crippen molar-refractivity contribution in [1.29, 1.82) is 0 Å². The van der Waals surface area contributed by atoms with Gasteiger partial charge >= 0.3 is 6.01 Å². The SMILES string of the molecule is CCC(C)(CNc1cc(-c2cnc(OC(C)(C)C)nc2)ncn1)c1ccc(F)c2c(C(=O)NC)ccnc12. The van der Waals surface area contributed by atoms with Crippen LogP contribution in [0.4, 0.5) is 10.2 Å². The van der Waals surface area contributed by atoms with E-state index in [1.165, 1.54) is 31.7 Å². The number of aromatic nitrogens is 5. The van der Waals surface area contributed by atoms with Gasteiger partial charge in [0.05, 0.1) is 16.8 Å². The second kappa shape index (κ2) is 10.6. The molecule has 198 valence electrons. The molecule has 4 rings (SSSR count). The molecule has 0 aliphatic rings. The molecule has 1 amide bonds. The van der Waals surface area contributed by atoms with Gasteiger partial charge in [-0.05, 0) is 44.9 Å². The highest BCUT2D eigenvalue weighted by Gasteiger charge is 2.29. The Balaban J connectivity index is 1.60. The molecule has 1 unspecified atom stereocenters. The summed E-state index contributed by atoms with van der Waals surface area (Å²) < 4.78 is 20.6. The molecule has 0 saturated heterocycles. The summed E-state index contributed by atoms with van der Waals surface area (Å²) in [5, 5.41) is 6.19. The number of halogens is 1. The fourth-order valence-electron chi connectivity index (χ4n) is 4.12. The number of nitrogens with one attached hydrogen (secondary N) is 2. The molecule has 3 heterocycles. The molecule has 0 aliphatic carbocycles. The third kappa shape index (κ3) is 5.69. The minimum Gasteiger partial charge on any atom is -0.458 e. The smallest absolute Gasteiger partial charge is 0.316 e. The molecule has 1 atom stereocenters. The van der Waals surface area contributed by atoms with E-state index in [1.807, 2.05) is 26.8 Å². The van der Waals surface area contributed by atoms with Crippen LogP contribution in [0.5, 0.6) is 6.01 Å². The average Bonchev–Trinajstić information content (AvgIpc) is 2.91. The van der Waals surface area contributed by atoms with Crippen LogP contribution in [0.3, 0.4) is 0 Å². The first kappa shape index (κ1) is 26.8. The van der Waals surface area contributed by atoms with Crippen LogP contribution >= 0.6 is 0 Å². The topological polar surface area (TPSA) is 115 Å². The molecule has 0 saturated carbocycles. The largest absolute Gasteiger partial charge is 0.458 e. The van der Waals surface area contributed by atoms with E-state index in [9.17, 15) is 9.18 Å². The van der Waals surface area contributed by atoms with Crippen LogP contribution in [0.1, 0.15) is 57.0 Å². The second-order valence-electron chi connectivity index (χ2n) is 10.3. The Hall–Kier alpha value is -4.21. The zero-order valence-corrected chi connectivity index (χ0v) is 22.5. The summed E-state index contributed by atoms with van der Waals surface area (Å²) in [6.07, 6.45) is 7.07. The monoisotopic (exact) mass is 517 g/mol. The molecule has 10 heteroatoms. The Kier molecular flexibility index (Phi) is 7.52.